The molecule has 0 spiro atoms. The lowest BCUT2D eigenvalue weighted by molar-refractivity contribution is 0.221. The number of fused-ring (bicyclic) bond motifs is 3. The summed E-state index contributed by atoms with van der Waals surface area (Å²) in [5.41, 5.74) is 0.943. The summed E-state index contributed by atoms with van der Waals surface area (Å²) in [6, 6.07) is 7.20. The smallest absolute Gasteiger partial charge is 0.139 e. The Balaban J connectivity index is 1.68. The molecule has 1 aliphatic rings. The van der Waals surface area contributed by atoms with Crippen molar-refractivity contribution in [1.82, 2.24) is 14.9 Å². The van der Waals surface area contributed by atoms with E-state index in [0.717, 1.165) is 44.5 Å². The second-order valence-corrected chi connectivity index (χ2v) is 8.10. The van der Waals surface area contributed by atoms with E-state index in [1.807, 2.05) is 12.1 Å². The number of nitrogens with one attached hydrogen (secondary N) is 1. The van der Waals surface area contributed by atoms with Crippen molar-refractivity contribution < 1.29 is 5.11 Å². The van der Waals surface area contributed by atoms with E-state index in [0.29, 0.717) is 12.1 Å². The van der Waals surface area contributed by atoms with Gasteiger partial charge in [0.25, 0.3) is 0 Å². The van der Waals surface area contributed by atoms with Crippen molar-refractivity contribution in [2.45, 2.75) is 44.4 Å². The number of hydrogen-bond donors (Lipinski definition) is 2. The van der Waals surface area contributed by atoms with E-state index in [9.17, 15) is 5.11 Å². The number of anilines is 1. The molecule has 5 nitrogen and oxygen atoms in total. The average Bonchev–Trinajstić information content (AvgIpc) is 3.01. The van der Waals surface area contributed by atoms with E-state index in [1.165, 1.54) is 12.8 Å². The van der Waals surface area contributed by atoms with Crippen LogP contribution in [0.15, 0.2) is 24.5 Å². The highest BCUT2D eigenvalue weighted by atomic mass is 32.1. The van der Waals surface area contributed by atoms with Gasteiger partial charge in [-0.2, -0.15) is 0 Å². The van der Waals surface area contributed by atoms with Gasteiger partial charge in [-0.25, -0.2) is 9.97 Å². The predicted octanol–water partition coefficient (Wildman–Crippen LogP) is 3.62. The van der Waals surface area contributed by atoms with E-state index in [-0.39, 0.29) is 6.61 Å². The van der Waals surface area contributed by atoms with Crippen LogP contribution in [0.2, 0.25) is 0 Å². The largest absolute Gasteiger partial charge is 0.392 e. The van der Waals surface area contributed by atoms with Crippen LogP contribution in [-0.2, 0) is 6.61 Å². The number of nitrogens with zero attached hydrogens (tertiary/aromatic N) is 3. The summed E-state index contributed by atoms with van der Waals surface area (Å²) in [7, 11) is 4.33. The van der Waals surface area contributed by atoms with Crippen LogP contribution in [0.25, 0.3) is 20.3 Å². The molecule has 25 heavy (non-hydrogen) atoms. The summed E-state index contributed by atoms with van der Waals surface area (Å²) in [4.78, 5) is 12.3. The Bertz CT molecular complexity index is 884. The van der Waals surface area contributed by atoms with E-state index < -0.39 is 0 Å². The lowest BCUT2D eigenvalue weighted by atomic mass is 9.90. The first-order chi connectivity index (χ1) is 12.2. The molecule has 1 saturated carbocycles. The second-order valence-electron chi connectivity index (χ2n) is 7.07. The highest BCUT2D eigenvalue weighted by Crippen LogP contribution is 2.38. The zero-order chi connectivity index (χ0) is 17.4. The van der Waals surface area contributed by atoms with Gasteiger partial charge in [0.05, 0.1) is 12.0 Å². The molecule has 2 aromatic heterocycles. The number of aromatic nitrogens is 2. The molecule has 2 heterocycles. The van der Waals surface area contributed by atoms with Gasteiger partial charge in [-0.3, -0.25) is 0 Å². The Morgan fingerprint density at radius 1 is 1.16 bits per heavy atom. The zero-order valence-corrected chi connectivity index (χ0v) is 15.5. The van der Waals surface area contributed by atoms with Crippen LogP contribution < -0.4 is 5.32 Å². The SMILES string of the molecule is CN(C)[C@H]1CC[C@H](Nc2ncnc3sc4cccc(CO)c4c23)CC1. The number of aliphatic hydroxyl groups excluding tert-OH is 1. The maximum absolute atomic E-state index is 9.75. The molecule has 0 unspecified atom stereocenters. The van der Waals surface area contributed by atoms with Gasteiger partial charge in [-0.1, -0.05) is 12.1 Å². The van der Waals surface area contributed by atoms with Gasteiger partial charge in [0.15, 0.2) is 0 Å². The van der Waals surface area contributed by atoms with Crippen LogP contribution in [0.4, 0.5) is 5.82 Å². The van der Waals surface area contributed by atoms with Crippen molar-refractivity contribution >= 4 is 37.5 Å². The van der Waals surface area contributed by atoms with E-state index in [2.05, 4.69) is 40.3 Å². The number of hydrogen-bond acceptors (Lipinski definition) is 6. The molecule has 132 valence electrons. The molecule has 1 fully saturated rings. The number of rotatable bonds is 4. The summed E-state index contributed by atoms with van der Waals surface area (Å²) < 4.78 is 1.15. The molecular weight excluding hydrogens is 332 g/mol. The fourth-order valence-corrected chi connectivity index (χ4v) is 4.98. The minimum atomic E-state index is 0.0332. The average molecular weight is 356 g/mol. The maximum atomic E-state index is 9.75. The molecule has 1 aromatic carbocycles. The highest BCUT2D eigenvalue weighted by Gasteiger charge is 2.24. The summed E-state index contributed by atoms with van der Waals surface area (Å²) >= 11 is 1.66. The first-order valence-electron chi connectivity index (χ1n) is 8.86. The Morgan fingerprint density at radius 3 is 2.68 bits per heavy atom. The first kappa shape index (κ1) is 16.7. The van der Waals surface area contributed by atoms with Crippen LogP contribution in [0.1, 0.15) is 31.2 Å². The monoisotopic (exact) mass is 356 g/mol. The van der Waals surface area contributed by atoms with Crippen molar-refractivity contribution in [3.8, 4) is 0 Å². The fraction of sp³-hybridized carbons (Fsp3) is 0.474. The maximum Gasteiger partial charge on any atom is 0.139 e. The summed E-state index contributed by atoms with van der Waals surface area (Å²) in [6.45, 7) is 0.0332. The van der Waals surface area contributed by atoms with Gasteiger partial charge in [0.2, 0.25) is 0 Å². The normalized spacial score (nSPS) is 21.3. The third-order valence-electron chi connectivity index (χ3n) is 5.32. The van der Waals surface area contributed by atoms with Gasteiger partial charge in [-0.15, -0.1) is 11.3 Å². The lowest BCUT2D eigenvalue weighted by Crippen LogP contribution is -2.36. The Morgan fingerprint density at radius 2 is 1.96 bits per heavy atom. The fourth-order valence-electron chi connectivity index (χ4n) is 3.89. The molecule has 0 saturated heterocycles. The van der Waals surface area contributed by atoms with Crippen LogP contribution in [0.3, 0.4) is 0 Å². The summed E-state index contributed by atoms with van der Waals surface area (Å²) in [5.74, 6) is 0.908. The van der Waals surface area contributed by atoms with Crippen LogP contribution in [-0.4, -0.2) is 46.2 Å². The van der Waals surface area contributed by atoms with Gasteiger partial charge in [-0.05, 0) is 51.4 Å². The van der Waals surface area contributed by atoms with Gasteiger partial charge in [0.1, 0.15) is 17.0 Å². The van der Waals surface area contributed by atoms with E-state index in [1.54, 1.807) is 17.7 Å². The van der Waals surface area contributed by atoms with Crippen molar-refractivity contribution in [1.29, 1.82) is 0 Å². The Labute approximate surface area is 151 Å². The standard InChI is InChI=1S/C19H24N4OS/c1-23(2)14-8-6-13(7-9-14)22-18-17-16-12(10-24)4-3-5-15(16)25-19(17)21-11-20-18/h3-5,11,13-14,24H,6-10H2,1-2H3,(H,20,21,22)/t13-,14-. The number of aliphatic hydroxyl groups is 1. The third-order valence-corrected chi connectivity index (χ3v) is 6.38. The van der Waals surface area contributed by atoms with E-state index >= 15 is 0 Å². The predicted molar refractivity (Wildman–Crippen MR) is 104 cm³/mol. The molecule has 3 aromatic rings. The molecule has 0 aliphatic heterocycles. The number of thiophene rings is 1. The first-order valence-corrected chi connectivity index (χ1v) is 9.68. The molecule has 0 atom stereocenters. The van der Waals surface area contributed by atoms with Crippen molar-refractivity contribution in [2.75, 3.05) is 19.4 Å². The van der Waals surface area contributed by atoms with Crippen molar-refractivity contribution in [3.05, 3.63) is 30.1 Å². The molecule has 6 heteroatoms. The van der Waals surface area contributed by atoms with Crippen molar-refractivity contribution in [3.63, 3.8) is 0 Å². The minimum absolute atomic E-state index is 0.0332. The molecule has 0 radical (unpaired) electrons. The quantitative estimate of drug-likeness (QED) is 0.748. The van der Waals surface area contributed by atoms with Gasteiger partial charge >= 0.3 is 0 Å². The Kier molecular flexibility index (Phi) is 4.58. The number of benzene rings is 1. The molecule has 1 aliphatic carbocycles. The molecule has 0 bridgehead atoms. The van der Waals surface area contributed by atoms with Crippen LogP contribution in [0.5, 0.6) is 0 Å². The van der Waals surface area contributed by atoms with Crippen molar-refractivity contribution in [2.24, 2.45) is 0 Å². The second kappa shape index (κ2) is 6.86. The Hall–Kier alpha value is -1.76. The van der Waals surface area contributed by atoms with Gasteiger partial charge < -0.3 is 15.3 Å². The van der Waals surface area contributed by atoms with Gasteiger partial charge in [0, 0.05) is 22.2 Å². The zero-order valence-electron chi connectivity index (χ0n) is 14.7. The topological polar surface area (TPSA) is 61.3 Å². The summed E-state index contributed by atoms with van der Waals surface area (Å²) in [6.07, 6.45) is 6.38. The third kappa shape index (κ3) is 3.10. The highest BCUT2D eigenvalue weighted by molar-refractivity contribution is 7.25. The minimum Gasteiger partial charge on any atom is -0.392 e. The molecule has 4 rings (SSSR count). The van der Waals surface area contributed by atoms with Crippen LogP contribution in [0, 0.1) is 0 Å². The lowest BCUT2D eigenvalue weighted by Gasteiger charge is -2.33. The van der Waals surface area contributed by atoms with E-state index in [4.69, 9.17) is 0 Å². The molecule has 2 N–H and O–H groups in total. The van der Waals surface area contributed by atoms with Crippen LogP contribution >= 0.6 is 11.3 Å². The molecule has 0 amide bonds. The summed E-state index contributed by atoms with van der Waals surface area (Å²) in [5, 5.41) is 15.6. The molecular formula is C19H24N4OS.